The van der Waals surface area contributed by atoms with Crippen molar-refractivity contribution in [2.75, 3.05) is 5.32 Å². The first-order valence-electron chi connectivity index (χ1n) is 8.36. The van der Waals surface area contributed by atoms with Gasteiger partial charge in [-0.25, -0.2) is 9.97 Å². The van der Waals surface area contributed by atoms with Gasteiger partial charge >= 0.3 is 0 Å². The number of hydrogen-bond acceptors (Lipinski definition) is 4. The Morgan fingerprint density at radius 3 is 2.42 bits per heavy atom. The summed E-state index contributed by atoms with van der Waals surface area (Å²) in [5.41, 5.74) is 5.10. The lowest BCUT2D eigenvalue weighted by Crippen LogP contribution is -1.96. The first kappa shape index (κ1) is 15.8. The molecule has 0 bridgehead atoms. The Bertz CT molecular complexity index is 1080. The minimum atomic E-state index is 0.414. The SMILES string of the molecule is N#CCc1ccc(Nc2ncnc3ccc(-c4ccccc4)cc23)cc1. The van der Waals surface area contributed by atoms with E-state index in [1.807, 2.05) is 48.5 Å². The number of aromatic nitrogens is 2. The van der Waals surface area contributed by atoms with E-state index in [2.05, 4.69) is 45.6 Å². The molecule has 4 nitrogen and oxygen atoms in total. The zero-order valence-corrected chi connectivity index (χ0v) is 14.1. The van der Waals surface area contributed by atoms with Crippen LogP contribution < -0.4 is 5.32 Å². The Kier molecular flexibility index (Phi) is 4.28. The van der Waals surface area contributed by atoms with E-state index in [1.165, 1.54) is 0 Å². The second-order valence-electron chi connectivity index (χ2n) is 5.98. The van der Waals surface area contributed by atoms with Gasteiger partial charge in [0.25, 0.3) is 0 Å². The minimum absolute atomic E-state index is 0.414. The van der Waals surface area contributed by atoms with Gasteiger partial charge in [0.2, 0.25) is 0 Å². The third-order valence-corrected chi connectivity index (χ3v) is 4.24. The maximum atomic E-state index is 8.78. The molecule has 0 aliphatic rings. The summed E-state index contributed by atoms with van der Waals surface area (Å²) in [4.78, 5) is 8.79. The van der Waals surface area contributed by atoms with E-state index in [1.54, 1.807) is 6.33 Å². The molecule has 0 saturated heterocycles. The Labute approximate surface area is 151 Å². The zero-order chi connectivity index (χ0) is 17.8. The van der Waals surface area contributed by atoms with Gasteiger partial charge in [-0.15, -0.1) is 0 Å². The fourth-order valence-corrected chi connectivity index (χ4v) is 2.90. The van der Waals surface area contributed by atoms with Crippen molar-refractivity contribution >= 4 is 22.4 Å². The van der Waals surface area contributed by atoms with Gasteiger partial charge in [0.15, 0.2) is 0 Å². The van der Waals surface area contributed by atoms with Gasteiger partial charge in [-0.05, 0) is 41.0 Å². The lowest BCUT2D eigenvalue weighted by atomic mass is 10.0. The number of rotatable bonds is 4. The molecule has 0 radical (unpaired) electrons. The summed E-state index contributed by atoms with van der Waals surface area (Å²) in [6.45, 7) is 0. The molecule has 0 aliphatic carbocycles. The first-order valence-corrected chi connectivity index (χ1v) is 8.36. The van der Waals surface area contributed by atoms with Crippen molar-refractivity contribution in [1.29, 1.82) is 5.26 Å². The van der Waals surface area contributed by atoms with Gasteiger partial charge in [-0.2, -0.15) is 5.26 Å². The van der Waals surface area contributed by atoms with E-state index < -0.39 is 0 Å². The number of fused-ring (bicyclic) bond motifs is 1. The molecule has 4 heteroatoms. The van der Waals surface area contributed by atoms with E-state index in [-0.39, 0.29) is 0 Å². The van der Waals surface area contributed by atoms with Gasteiger partial charge < -0.3 is 5.32 Å². The predicted molar refractivity (Wildman–Crippen MR) is 104 cm³/mol. The van der Waals surface area contributed by atoms with Crippen LogP contribution in [0.4, 0.5) is 11.5 Å². The molecule has 0 saturated carbocycles. The van der Waals surface area contributed by atoms with E-state index in [0.29, 0.717) is 6.42 Å². The summed E-state index contributed by atoms with van der Waals surface area (Å²) in [6, 6.07) is 26.4. The molecule has 0 spiro atoms. The largest absolute Gasteiger partial charge is 0.340 e. The van der Waals surface area contributed by atoms with Crippen LogP contribution in [0.5, 0.6) is 0 Å². The van der Waals surface area contributed by atoms with E-state index >= 15 is 0 Å². The Morgan fingerprint density at radius 1 is 0.846 bits per heavy atom. The van der Waals surface area contributed by atoms with Crippen molar-refractivity contribution in [3.8, 4) is 17.2 Å². The lowest BCUT2D eigenvalue weighted by molar-refractivity contribution is 1.21. The smallest absolute Gasteiger partial charge is 0.141 e. The second kappa shape index (κ2) is 7.04. The minimum Gasteiger partial charge on any atom is -0.340 e. The number of anilines is 2. The first-order chi connectivity index (χ1) is 12.8. The quantitative estimate of drug-likeness (QED) is 0.563. The van der Waals surface area contributed by atoms with Gasteiger partial charge in [0.05, 0.1) is 18.0 Å². The number of nitrogens with one attached hydrogen (secondary N) is 1. The van der Waals surface area contributed by atoms with Crippen LogP contribution in [0.2, 0.25) is 0 Å². The van der Waals surface area contributed by atoms with Crippen LogP contribution in [0.3, 0.4) is 0 Å². The van der Waals surface area contributed by atoms with E-state index in [4.69, 9.17) is 5.26 Å². The van der Waals surface area contributed by atoms with Gasteiger partial charge in [0, 0.05) is 11.1 Å². The van der Waals surface area contributed by atoms with Crippen molar-refractivity contribution in [2.24, 2.45) is 0 Å². The second-order valence-corrected chi connectivity index (χ2v) is 5.98. The molecule has 4 rings (SSSR count). The fraction of sp³-hybridized carbons (Fsp3) is 0.0455. The highest BCUT2D eigenvalue weighted by atomic mass is 15.0. The Balaban J connectivity index is 1.71. The number of nitriles is 1. The molecule has 0 aliphatic heterocycles. The normalized spacial score (nSPS) is 10.4. The van der Waals surface area contributed by atoms with Crippen LogP contribution in [0.15, 0.2) is 79.1 Å². The van der Waals surface area contributed by atoms with Crippen LogP contribution in [-0.4, -0.2) is 9.97 Å². The summed E-state index contributed by atoms with van der Waals surface area (Å²) < 4.78 is 0. The summed E-state index contributed by atoms with van der Waals surface area (Å²) in [5, 5.41) is 13.1. The van der Waals surface area contributed by atoms with Crippen molar-refractivity contribution < 1.29 is 0 Å². The molecule has 3 aromatic carbocycles. The number of nitrogens with zero attached hydrogens (tertiary/aromatic N) is 3. The molecule has 4 aromatic rings. The Morgan fingerprint density at radius 2 is 1.65 bits per heavy atom. The van der Waals surface area contributed by atoms with Crippen LogP contribution in [0.1, 0.15) is 5.56 Å². The maximum absolute atomic E-state index is 8.78. The molecule has 26 heavy (non-hydrogen) atoms. The van der Waals surface area contributed by atoms with Crippen LogP contribution in [0, 0.1) is 11.3 Å². The van der Waals surface area contributed by atoms with Gasteiger partial charge in [-0.3, -0.25) is 0 Å². The molecular formula is C22H16N4. The van der Waals surface area contributed by atoms with Crippen molar-refractivity contribution in [2.45, 2.75) is 6.42 Å². The molecule has 0 amide bonds. The molecule has 0 fully saturated rings. The van der Waals surface area contributed by atoms with Crippen molar-refractivity contribution in [1.82, 2.24) is 9.97 Å². The van der Waals surface area contributed by atoms with Gasteiger partial charge in [-0.1, -0.05) is 48.5 Å². The standard InChI is InChI=1S/C22H16N4/c23-13-12-16-6-9-19(10-7-16)26-22-20-14-18(17-4-2-1-3-5-17)8-11-21(20)24-15-25-22/h1-11,14-15H,12H2,(H,24,25,26). The van der Waals surface area contributed by atoms with Crippen LogP contribution in [0.25, 0.3) is 22.0 Å². The van der Waals surface area contributed by atoms with E-state index in [0.717, 1.165) is 39.1 Å². The maximum Gasteiger partial charge on any atom is 0.141 e. The lowest BCUT2D eigenvalue weighted by Gasteiger charge is -2.10. The Hall–Kier alpha value is -3.71. The van der Waals surface area contributed by atoms with Gasteiger partial charge in [0.1, 0.15) is 12.1 Å². The monoisotopic (exact) mass is 336 g/mol. The third kappa shape index (κ3) is 3.24. The van der Waals surface area contributed by atoms with Crippen LogP contribution >= 0.6 is 0 Å². The summed E-state index contributed by atoms with van der Waals surface area (Å²) >= 11 is 0. The van der Waals surface area contributed by atoms with E-state index in [9.17, 15) is 0 Å². The molecular weight excluding hydrogens is 320 g/mol. The molecule has 0 atom stereocenters. The molecule has 124 valence electrons. The molecule has 0 unspecified atom stereocenters. The summed E-state index contributed by atoms with van der Waals surface area (Å²) in [7, 11) is 0. The fourth-order valence-electron chi connectivity index (χ4n) is 2.90. The molecule has 1 heterocycles. The molecule has 1 aromatic heterocycles. The topological polar surface area (TPSA) is 61.6 Å². The van der Waals surface area contributed by atoms with Crippen molar-refractivity contribution in [3.05, 3.63) is 84.7 Å². The summed E-state index contributed by atoms with van der Waals surface area (Å²) in [5.74, 6) is 0.765. The molecule has 1 N–H and O–H groups in total. The third-order valence-electron chi connectivity index (χ3n) is 4.24. The highest BCUT2D eigenvalue weighted by Gasteiger charge is 2.07. The van der Waals surface area contributed by atoms with Crippen LogP contribution in [-0.2, 0) is 6.42 Å². The zero-order valence-electron chi connectivity index (χ0n) is 14.1. The number of hydrogen-bond donors (Lipinski definition) is 1. The average Bonchev–Trinajstić information content (AvgIpc) is 2.70. The van der Waals surface area contributed by atoms with Crippen molar-refractivity contribution in [3.63, 3.8) is 0 Å². The highest BCUT2D eigenvalue weighted by molar-refractivity contribution is 5.93. The average molecular weight is 336 g/mol. The number of benzene rings is 3. The predicted octanol–water partition coefficient (Wildman–Crippen LogP) is 5.11. The summed E-state index contributed by atoms with van der Waals surface area (Å²) in [6.07, 6.45) is 1.98. The highest BCUT2D eigenvalue weighted by Crippen LogP contribution is 2.28.